The number of carbonyl (C=O) groups excluding carboxylic acids is 1. The Morgan fingerprint density at radius 2 is 1.88 bits per heavy atom. The minimum absolute atomic E-state index is 0.0671. The van der Waals surface area contributed by atoms with Gasteiger partial charge in [-0.15, -0.1) is 0 Å². The molecule has 1 unspecified atom stereocenters. The Morgan fingerprint density at radius 3 is 2.50 bits per heavy atom. The maximum absolute atomic E-state index is 12.5. The Balaban J connectivity index is 1.87. The van der Waals surface area contributed by atoms with Crippen LogP contribution in [0.4, 0.5) is 4.79 Å². The minimum atomic E-state index is -0.513. The highest BCUT2D eigenvalue weighted by molar-refractivity contribution is 9.10. The molecule has 0 N–H and O–H groups in total. The molecule has 2 aromatic carbocycles. The lowest BCUT2D eigenvalue weighted by atomic mass is 9.94. The fraction of sp³-hybridized carbons (Fsp3) is 0.350. The highest BCUT2D eigenvalue weighted by Crippen LogP contribution is 2.44. The zero-order chi connectivity index (χ0) is 18.9. The van der Waals surface area contributed by atoms with Crippen LogP contribution in [0.25, 0.3) is 0 Å². The predicted molar refractivity (Wildman–Crippen MR) is 109 cm³/mol. The van der Waals surface area contributed by atoms with Crippen LogP contribution in [0.1, 0.15) is 38.8 Å². The van der Waals surface area contributed by atoms with E-state index < -0.39 is 5.60 Å². The lowest BCUT2D eigenvalue weighted by Gasteiger charge is -2.42. The van der Waals surface area contributed by atoms with Gasteiger partial charge in [-0.25, -0.2) is 4.79 Å². The standard InChI is InChI=1S/C20H21Br2NO3/c1-20(2,3)26-19(24)23-11-10-16(23)18-15(22)8-5-9-17(18)25-14-7-4-6-13(21)12-14/h4-9,12,16H,10-11H2,1-3H3. The van der Waals surface area contributed by atoms with Gasteiger partial charge in [0.25, 0.3) is 0 Å². The molecular weight excluding hydrogens is 462 g/mol. The first-order valence-corrected chi connectivity index (χ1v) is 10.0. The van der Waals surface area contributed by atoms with Gasteiger partial charge in [0.15, 0.2) is 0 Å². The number of halogens is 2. The summed E-state index contributed by atoms with van der Waals surface area (Å²) < 4.78 is 13.5. The quantitative estimate of drug-likeness (QED) is 0.489. The van der Waals surface area contributed by atoms with E-state index in [4.69, 9.17) is 9.47 Å². The molecule has 1 atom stereocenters. The summed E-state index contributed by atoms with van der Waals surface area (Å²) in [6.45, 7) is 6.30. The molecule has 0 bridgehead atoms. The van der Waals surface area contributed by atoms with Crippen LogP contribution in [0.2, 0.25) is 0 Å². The van der Waals surface area contributed by atoms with E-state index in [9.17, 15) is 4.79 Å². The normalized spacial score (nSPS) is 16.8. The maximum atomic E-state index is 12.5. The first-order chi connectivity index (χ1) is 12.2. The van der Waals surface area contributed by atoms with Gasteiger partial charge < -0.3 is 14.4 Å². The first-order valence-electron chi connectivity index (χ1n) is 8.46. The molecule has 1 aliphatic rings. The van der Waals surface area contributed by atoms with E-state index in [1.54, 1.807) is 4.90 Å². The topological polar surface area (TPSA) is 38.8 Å². The molecule has 1 saturated heterocycles. The van der Waals surface area contributed by atoms with Crippen LogP contribution < -0.4 is 4.74 Å². The molecular formula is C20H21Br2NO3. The molecule has 1 heterocycles. The second-order valence-electron chi connectivity index (χ2n) is 7.19. The highest BCUT2D eigenvalue weighted by Gasteiger charge is 2.38. The van der Waals surface area contributed by atoms with Crippen molar-refractivity contribution in [3.05, 3.63) is 57.0 Å². The van der Waals surface area contributed by atoms with Crippen LogP contribution in [-0.2, 0) is 4.74 Å². The third kappa shape index (κ3) is 4.41. The Labute approximate surface area is 170 Å². The van der Waals surface area contributed by atoms with Crippen molar-refractivity contribution in [2.24, 2.45) is 0 Å². The van der Waals surface area contributed by atoms with Gasteiger partial charge in [0, 0.05) is 21.1 Å². The molecule has 6 heteroatoms. The van der Waals surface area contributed by atoms with E-state index in [0.717, 1.165) is 32.4 Å². The first kappa shape index (κ1) is 19.2. The summed E-state index contributed by atoms with van der Waals surface area (Å²) in [6, 6.07) is 13.4. The largest absolute Gasteiger partial charge is 0.457 e. The van der Waals surface area contributed by atoms with Crippen molar-refractivity contribution in [3.63, 3.8) is 0 Å². The minimum Gasteiger partial charge on any atom is -0.457 e. The second kappa shape index (κ2) is 7.61. The van der Waals surface area contributed by atoms with Crippen molar-refractivity contribution in [2.75, 3.05) is 6.54 Å². The van der Waals surface area contributed by atoms with Crippen molar-refractivity contribution in [1.29, 1.82) is 0 Å². The summed E-state index contributed by atoms with van der Waals surface area (Å²) in [4.78, 5) is 14.2. The number of hydrogen-bond donors (Lipinski definition) is 0. The van der Waals surface area contributed by atoms with E-state index in [1.165, 1.54) is 0 Å². The number of hydrogen-bond acceptors (Lipinski definition) is 3. The van der Waals surface area contributed by atoms with E-state index in [0.29, 0.717) is 6.54 Å². The van der Waals surface area contributed by atoms with Crippen molar-refractivity contribution in [2.45, 2.75) is 38.8 Å². The molecule has 0 aromatic heterocycles. The van der Waals surface area contributed by atoms with Gasteiger partial charge in [0.05, 0.1) is 6.04 Å². The summed E-state index contributed by atoms with van der Waals surface area (Å²) in [5.41, 5.74) is 0.449. The molecule has 1 aliphatic heterocycles. The van der Waals surface area contributed by atoms with Gasteiger partial charge in [-0.05, 0) is 57.5 Å². The van der Waals surface area contributed by atoms with Crippen molar-refractivity contribution in [3.8, 4) is 11.5 Å². The lowest BCUT2D eigenvalue weighted by molar-refractivity contribution is -0.00614. The number of ether oxygens (including phenoxy) is 2. The van der Waals surface area contributed by atoms with Crippen LogP contribution in [0.3, 0.4) is 0 Å². The SMILES string of the molecule is CC(C)(C)OC(=O)N1CCC1c1c(Br)cccc1Oc1cccc(Br)c1. The van der Waals surface area contributed by atoms with E-state index >= 15 is 0 Å². The molecule has 26 heavy (non-hydrogen) atoms. The molecule has 0 radical (unpaired) electrons. The van der Waals surface area contributed by atoms with Crippen LogP contribution in [0.5, 0.6) is 11.5 Å². The number of rotatable bonds is 3. The number of amides is 1. The van der Waals surface area contributed by atoms with E-state index in [2.05, 4.69) is 31.9 Å². The molecule has 3 rings (SSSR count). The van der Waals surface area contributed by atoms with Crippen LogP contribution >= 0.6 is 31.9 Å². The van der Waals surface area contributed by atoms with Gasteiger partial charge >= 0.3 is 6.09 Å². The van der Waals surface area contributed by atoms with Crippen LogP contribution in [0.15, 0.2) is 51.4 Å². The summed E-state index contributed by atoms with van der Waals surface area (Å²) in [5, 5.41) is 0. The monoisotopic (exact) mass is 481 g/mol. The van der Waals surface area contributed by atoms with Gasteiger partial charge in [-0.1, -0.05) is 44.0 Å². The molecule has 1 fully saturated rings. The van der Waals surface area contributed by atoms with Gasteiger partial charge in [0.1, 0.15) is 17.1 Å². The average Bonchev–Trinajstić information content (AvgIpc) is 2.47. The van der Waals surface area contributed by atoms with Gasteiger partial charge in [0.2, 0.25) is 0 Å². The molecule has 0 spiro atoms. The summed E-state index contributed by atoms with van der Waals surface area (Å²) >= 11 is 7.08. The highest BCUT2D eigenvalue weighted by atomic mass is 79.9. The van der Waals surface area contributed by atoms with Gasteiger partial charge in [-0.3, -0.25) is 0 Å². The molecule has 0 saturated carbocycles. The van der Waals surface area contributed by atoms with Gasteiger partial charge in [-0.2, -0.15) is 0 Å². The Bertz CT molecular complexity index is 817. The van der Waals surface area contributed by atoms with E-state index in [-0.39, 0.29) is 12.1 Å². The number of likely N-dealkylation sites (tertiary alicyclic amines) is 1. The van der Waals surface area contributed by atoms with Crippen LogP contribution in [0, 0.1) is 0 Å². The number of carbonyl (C=O) groups is 1. The fourth-order valence-corrected chi connectivity index (χ4v) is 3.80. The van der Waals surface area contributed by atoms with Crippen LogP contribution in [-0.4, -0.2) is 23.1 Å². The molecule has 138 valence electrons. The molecule has 1 amide bonds. The van der Waals surface area contributed by atoms with Crippen molar-refractivity contribution < 1.29 is 14.3 Å². The summed E-state index contributed by atoms with van der Waals surface area (Å²) in [7, 11) is 0. The van der Waals surface area contributed by atoms with E-state index in [1.807, 2.05) is 63.2 Å². The lowest BCUT2D eigenvalue weighted by Crippen LogP contribution is -2.47. The Kier molecular flexibility index (Phi) is 5.63. The Morgan fingerprint density at radius 1 is 1.15 bits per heavy atom. The number of nitrogens with zero attached hydrogens (tertiary/aromatic N) is 1. The zero-order valence-corrected chi connectivity index (χ0v) is 18.1. The average molecular weight is 483 g/mol. The predicted octanol–water partition coefficient (Wildman–Crippen LogP) is 6.69. The number of benzene rings is 2. The third-order valence-electron chi connectivity index (χ3n) is 4.02. The zero-order valence-electron chi connectivity index (χ0n) is 15.0. The fourth-order valence-electron chi connectivity index (χ4n) is 2.81. The molecule has 2 aromatic rings. The molecule has 0 aliphatic carbocycles. The Hall–Kier alpha value is -1.53. The third-order valence-corrected chi connectivity index (χ3v) is 5.20. The smallest absolute Gasteiger partial charge is 0.410 e. The maximum Gasteiger partial charge on any atom is 0.410 e. The second-order valence-corrected chi connectivity index (χ2v) is 8.96. The summed E-state index contributed by atoms with van der Waals surface area (Å²) in [6.07, 6.45) is 0.578. The summed E-state index contributed by atoms with van der Waals surface area (Å²) in [5.74, 6) is 1.47. The molecule has 4 nitrogen and oxygen atoms in total. The van der Waals surface area contributed by atoms with Crippen molar-refractivity contribution >= 4 is 38.0 Å². The van der Waals surface area contributed by atoms with Crippen molar-refractivity contribution in [1.82, 2.24) is 4.90 Å².